The molecule has 0 radical (unpaired) electrons. The fourth-order valence-corrected chi connectivity index (χ4v) is 1.85. The number of hydrogen-bond acceptors (Lipinski definition) is 7. The van der Waals surface area contributed by atoms with Crippen LogP contribution < -0.4 is 17.2 Å². The molecule has 0 saturated carbocycles. The monoisotopic (exact) mass is 260 g/mol. The SMILES string of the molecule is Nc1nc(=O)n([C@@]2(N)C[C@H](O)[C@@H](CO)O2)cc1F. The van der Waals surface area contributed by atoms with Crippen LogP contribution in [0.5, 0.6) is 0 Å². The molecule has 18 heavy (non-hydrogen) atoms. The third kappa shape index (κ3) is 1.97. The Hall–Kier alpha value is -1.55. The first kappa shape index (κ1) is 12.9. The standard InChI is InChI=1S/C9H13FN4O4/c10-4-2-14(8(17)13-7(4)11)9(12)1-5(16)6(3-15)18-9/h2,5-6,15-16H,1,3,12H2,(H2,11,13,17)/t5-,6+,9-/m0/s1. The number of rotatable bonds is 2. The van der Waals surface area contributed by atoms with E-state index in [-0.39, 0.29) is 6.42 Å². The summed E-state index contributed by atoms with van der Waals surface area (Å²) in [6.45, 7) is -0.472. The Bertz CT molecular complexity index is 522. The van der Waals surface area contributed by atoms with Crippen molar-refractivity contribution in [3.8, 4) is 0 Å². The van der Waals surface area contributed by atoms with E-state index < -0.39 is 42.0 Å². The fraction of sp³-hybridized carbons (Fsp3) is 0.556. The second-order valence-corrected chi connectivity index (χ2v) is 4.08. The summed E-state index contributed by atoms with van der Waals surface area (Å²) in [6, 6.07) is 0. The van der Waals surface area contributed by atoms with E-state index in [0.29, 0.717) is 4.57 Å². The highest BCUT2D eigenvalue weighted by molar-refractivity contribution is 5.26. The lowest BCUT2D eigenvalue weighted by molar-refractivity contribution is -0.116. The van der Waals surface area contributed by atoms with Gasteiger partial charge in [0.2, 0.25) is 5.85 Å². The van der Waals surface area contributed by atoms with Crippen LogP contribution in [0.1, 0.15) is 6.42 Å². The van der Waals surface area contributed by atoms with Crippen LogP contribution in [-0.2, 0) is 10.6 Å². The lowest BCUT2D eigenvalue weighted by Crippen LogP contribution is -2.49. The third-order valence-corrected chi connectivity index (χ3v) is 2.78. The number of aliphatic hydroxyl groups is 2. The van der Waals surface area contributed by atoms with Gasteiger partial charge in [-0.1, -0.05) is 0 Å². The quantitative estimate of drug-likeness (QED) is 0.468. The van der Waals surface area contributed by atoms with Crippen LogP contribution in [-0.4, -0.2) is 38.6 Å². The van der Waals surface area contributed by atoms with Gasteiger partial charge in [-0.2, -0.15) is 4.98 Å². The van der Waals surface area contributed by atoms with Crippen molar-refractivity contribution in [1.82, 2.24) is 9.55 Å². The van der Waals surface area contributed by atoms with Crippen molar-refractivity contribution < 1.29 is 19.3 Å². The molecule has 1 saturated heterocycles. The van der Waals surface area contributed by atoms with Crippen LogP contribution >= 0.6 is 0 Å². The summed E-state index contributed by atoms with van der Waals surface area (Å²) in [4.78, 5) is 14.8. The maximum Gasteiger partial charge on any atom is 0.353 e. The highest BCUT2D eigenvalue weighted by Gasteiger charge is 2.45. The molecule has 1 aromatic heterocycles. The van der Waals surface area contributed by atoms with Gasteiger partial charge in [-0.3, -0.25) is 10.3 Å². The van der Waals surface area contributed by atoms with E-state index in [1.807, 2.05) is 0 Å². The molecular weight excluding hydrogens is 247 g/mol. The van der Waals surface area contributed by atoms with Gasteiger partial charge in [0.15, 0.2) is 11.6 Å². The number of halogens is 1. The zero-order chi connectivity index (χ0) is 13.5. The summed E-state index contributed by atoms with van der Waals surface area (Å²) in [5, 5.41) is 18.5. The van der Waals surface area contributed by atoms with Gasteiger partial charge in [0.1, 0.15) is 6.10 Å². The molecule has 1 fully saturated rings. The molecule has 6 N–H and O–H groups in total. The number of nitrogens with zero attached hydrogens (tertiary/aromatic N) is 2. The molecule has 0 bridgehead atoms. The molecule has 2 rings (SSSR count). The third-order valence-electron chi connectivity index (χ3n) is 2.78. The minimum atomic E-state index is -1.76. The van der Waals surface area contributed by atoms with Crippen molar-refractivity contribution in [3.05, 3.63) is 22.5 Å². The molecule has 2 heterocycles. The van der Waals surface area contributed by atoms with Crippen molar-refractivity contribution >= 4 is 5.82 Å². The zero-order valence-electron chi connectivity index (χ0n) is 9.28. The summed E-state index contributed by atoms with van der Waals surface area (Å²) < 4.78 is 19.2. The second-order valence-electron chi connectivity index (χ2n) is 4.08. The normalized spacial score (nSPS) is 31.8. The summed E-state index contributed by atoms with van der Waals surface area (Å²) in [6.07, 6.45) is -1.42. The molecule has 100 valence electrons. The number of aromatic nitrogens is 2. The average molecular weight is 260 g/mol. The Kier molecular flexibility index (Phi) is 3.07. The summed E-state index contributed by atoms with van der Waals surface area (Å²) >= 11 is 0. The van der Waals surface area contributed by atoms with Gasteiger partial charge in [-0.25, -0.2) is 9.18 Å². The van der Waals surface area contributed by atoms with Gasteiger partial charge in [0.25, 0.3) is 0 Å². The Morgan fingerprint density at radius 1 is 1.72 bits per heavy atom. The van der Waals surface area contributed by atoms with Gasteiger partial charge >= 0.3 is 5.69 Å². The number of hydrogen-bond donors (Lipinski definition) is 4. The van der Waals surface area contributed by atoms with Crippen molar-refractivity contribution in [2.24, 2.45) is 5.73 Å². The molecule has 9 heteroatoms. The van der Waals surface area contributed by atoms with E-state index in [4.69, 9.17) is 21.3 Å². The number of aliphatic hydroxyl groups excluding tert-OH is 2. The smallest absolute Gasteiger partial charge is 0.353 e. The van der Waals surface area contributed by atoms with Gasteiger partial charge in [-0.05, 0) is 0 Å². The number of nitrogens with two attached hydrogens (primary N) is 2. The predicted octanol–water partition coefficient (Wildman–Crippen LogP) is -2.32. The Labute approximate surface area is 101 Å². The highest BCUT2D eigenvalue weighted by Crippen LogP contribution is 2.29. The van der Waals surface area contributed by atoms with Crippen LogP contribution in [0.3, 0.4) is 0 Å². The minimum Gasteiger partial charge on any atom is -0.394 e. The van der Waals surface area contributed by atoms with Gasteiger partial charge in [0, 0.05) is 6.42 Å². The molecule has 8 nitrogen and oxygen atoms in total. The first-order chi connectivity index (χ1) is 8.37. The second kappa shape index (κ2) is 4.28. The van der Waals surface area contributed by atoms with Gasteiger partial charge in [-0.15, -0.1) is 0 Å². The molecule has 1 aromatic rings. The largest absolute Gasteiger partial charge is 0.394 e. The van der Waals surface area contributed by atoms with E-state index in [2.05, 4.69) is 4.98 Å². The maximum atomic E-state index is 13.3. The Morgan fingerprint density at radius 3 is 2.94 bits per heavy atom. The van der Waals surface area contributed by atoms with Crippen LogP contribution in [0.4, 0.5) is 10.2 Å². The highest BCUT2D eigenvalue weighted by atomic mass is 19.1. The molecule has 0 spiro atoms. The van der Waals surface area contributed by atoms with Crippen molar-refractivity contribution in [3.63, 3.8) is 0 Å². The molecule has 0 aliphatic carbocycles. The predicted molar refractivity (Wildman–Crippen MR) is 57.6 cm³/mol. The van der Waals surface area contributed by atoms with Gasteiger partial charge in [0.05, 0.1) is 18.9 Å². The number of anilines is 1. The maximum absolute atomic E-state index is 13.3. The van der Waals surface area contributed by atoms with Crippen LogP contribution in [0, 0.1) is 5.82 Å². The lowest BCUT2D eigenvalue weighted by atomic mass is 10.1. The fourth-order valence-electron chi connectivity index (χ4n) is 1.85. The summed E-state index contributed by atoms with van der Waals surface area (Å²) in [5.74, 6) is -3.23. The van der Waals surface area contributed by atoms with E-state index in [9.17, 15) is 14.3 Å². The van der Waals surface area contributed by atoms with E-state index in [0.717, 1.165) is 6.20 Å². The molecule has 1 aliphatic rings. The average Bonchev–Trinajstić information content (AvgIpc) is 2.59. The molecule has 3 atom stereocenters. The van der Waals surface area contributed by atoms with Crippen molar-refractivity contribution in [2.45, 2.75) is 24.5 Å². The summed E-state index contributed by atoms with van der Waals surface area (Å²) in [7, 11) is 0. The first-order valence-electron chi connectivity index (χ1n) is 5.18. The van der Waals surface area contributed by atoms with Crippen molar-refractivity contribution in [2.75, 3.05) is 12.3 Å². The summed E-state index contributed by atoms with van der Waals surface area (Å²) in [5.41, 5.74) is 10.0. The number of nitrogen functional groups attached to an aromatic ring is 1. The molecule has 0 amide bonds. The van der Waals surface area contributed by atoms with E-state index >= 15 is 0 Å². The topological polar surface area (TPSA) is 137 Å². The van der Waals surface area contributed by atoms with Crippen molar-refractivity contribution in [1.29, 1.82) is 0 Å². The van der Waals surface area contributed by atoms with Crippen LogP contribution in [0.25, 0.3) is 0 Å². The molecule has 0 aromatic carbocycles. The van der Waals surface area contributed by atoms with Gasteiger partial charge < -0.3 is 20.7 Å². The lowest BCUT2D eigenvalue weighted by Gasteiger charge is -2.25. The molecular formula is C9H13FN4O4. The Morgan fingerprint density at radius 2 is 2.39 bits per heavy atom. The zero-order valence-corrected chi connectivity index (χ0v) is 9.28. The molecule has 1 aliphatic heterocycles. The van der Waals surface area contributed by atoms with Crippen LogP contribution in [0.15, 0.2) is 11.0 Å². The van der Waals surface area contributed by atoms with Crippen LogP contribution in [0.2, 0.25) is 0 Å². The number of ether oxygens (including phenoxy) is 1. The minimum absolute atomic E-state index is 0.177. The Balaban J connectivity index is 2.43. The first-order valence-corrected chi connectivity index (χ1v) is 5.18. The van der Waals surface area contributed by atoms with E-state index in [1.165, 1.54) is 0 Å². The van der Waals surface area contributed by atoms with E-state index in [1.54, 1.807) is 0 Å². The molecule has 0 unspecified atom stereocenters.